The number of likely N-dealkylation sites (N-methyl/N-ethyl adjacent to an activating group) is 1. The van der Waals surface area contributed by atoms with Crippen LogP contribution < -0.4 is 5.73 Å². The first-order chi connectivity index (χ1) is 7.38. The molecule has 1 heterocycles. The Morgan fingerprint density at radius 1 is 1.56 bits per heavy atom. The minimum Gasteiger partial charge on any atom is -0.340 e. The van der Waals surface area contributed by atoms with Crippen molar-refractivity contribution in [2.75, 3.05) is 27.2 Å². The molecule has 0 radical (unpaired) electrons. The maximum atomic E-state index is 12.2. The van der Waals surface area contributed by atoms with Gasteiger partial charge in [0, 0.05) is 19.1 Å². The van der Waals surface area contributed by atoms with Crippen LogP contribution in [0.15, 0.2) is 0 Å². The third kappa shape index (κ3) is 2.95. The average molecular weight is 227 g/mol. The lowest BCUT2D eigenvalue weighted by Gasteiger charge is -2.39. The fourth-order valence-electron chi connectivity index (χ4n) is 2.07. The zero-order valence-electron chi connectivity index (χ0n) is 11.0. The predicted molar refractivity (Wildman–Crippen MR) is 66.2 cm³/mol. The molecule has 1 rings (SSSR count). The number of hydrogen-bond donors (Lipinski definition) is 1. The maximum absolute atomic E-state index is 12.2. The van der Waals surface area contributed by atoms with Crippen LogP contribution in [-0.4, -0.2) is 54.5 Å². The summed E-state index contributed by atoms with van der Waals surface area (Å²) in [5.74, 6) is 0.0987. The summed E-state index contributed by atoms with van der Waals surface area (Å²) < 4.78 is 0. The third-order valence-corrected chi connectivity index (χ3v) is 3.64. The molecule has 0 aromatic carbocycles. The molecule has 1 aliphatic rings. The van der Waals surface area contributed by atoms with Crippen molar-refractivity contribution in [3.63, 3.8) is 0 Å². The van der Waals surface area contributed by atoms with Gasteiger partial charge in [0.1, 0.15) is 0 Å². The van der Waals surface area contributed by atoms with Crippen LogP contribution in [0.2, 0.25) is 0 Å². The molecule has 0 bridgehead atoms. The molecular formula is C12H25N3O. The first kappa shape index (κ1) is 13.5. The summed E-state index contributed by atoms with van der Waals surface area (Å²) in [6.07, 6.45) is 2.94. The van der Waals surface area contributed by atoms with E-state index in [1.807, 2.05) is 18.7 Å². The Balaban J connectivity index is 2.64. The number of hydrogen-bond acceptors (Lipinski definition) is 3. The van der Waals surface area contributed by atoms with E-state index < -0.39 is 5.54 Å². The van der Waals surface area contributed by atoms with Crippen LogP contribution in [0.1, 0.15) is 33.1 Å². The van der Waals surface area contributed by atoms with E-state index in [1.54, 1.807) is 0 Å². The van der Waals surface area contributed by atoms with Crippen LogP contribution in [0.4, 0.5) is 0 Å². The molecule has 4 heteroatoms. The summed E-state index contributed by atoms with van der Waals surface area (Å²) in [6.45, 7) is 5.47. The summed E-state index contributed by atoms with van der Waals surface area (Å²) in [5.41, 5.74) is 5.31. The Morgan fingerprint density at radius 2 is 2.19 bits per heavy atom. The number of nitrogens with two attached hydrogens (primary N) is 1. The van der Waals surface area contributed by atoms with Gasteiger partial charge in [0.15, 0.2) is 0 Å². The highest BCUT2D eigenvalue weighted by atomic mass is 16.2. The molecule has 94 valence electrons. The minimum absolute atomic E-state index is 0.0987. The van der Waals surface area contributed by atoms with E-state index in [2.05, 4.69) is 19.0 Å². The highest BCUT2D eigenvalue weighted by Crippen LogP contribution is 2.18. The fraction of sp³-hybridized carbons (Fsp3) is 0.917. The fourth-order valence-corrected chi connectivity index (χ4v) is 2.07. The number of nitrogens with zero attached hydrogens (tertiary/aromatic N) is 2. The molecule has 16 heavy (non-hydrogen) atoms. The van der Waals surface area contributed by atoms with Gasteiger partial charge in [-0.1, -0.05) is 6.92 Å². The van der Waals surface area contributed by atoms with Crippen LogP contribution in [0.25, 0.3) is 0 Å². The lowest BCUT2D eigenvalue weighted by molar-refractivity contribution is -0.138. The van der Waals surface area contributed by atoms with Gasteiger partial charge in [-0.05, 0) is 40.3 Å². The Bertz CT molecular complexity index is 251. The van der Waals surface area contributed by atoms with Gasteiger partial charge in [0.25, 0.3) is 0 Å². The quantitative estimate of drug-likeness (QED) is 0.771. The van der Waals surface area contributed by atoms with Gasteiger partial charge in [0.2, 0.25) is 5.91 Å². The number of carbonyl (C=O) groups excluding carboxylic acids is 1. The molecule has 0 spiro atoms. The van der Waals surface area contributed by atoms with Crippen LogP contribution in [-0.2, 0) is 4.79 Å². The van der Waals surface area contributed by atoms with Crippen molar-refractivity contribution in [2.45, 2.75) is 44.7 Å². The van der Waals surface area contributed by atoms with Crippen LogP contribution >= 0.6 is 0 Å². The zero-order valence-corrected chi connectivity index (χ0v) is 11.0. The Kier molecular flexibility index (Phi) is 4.33. The van der Waals surface area contributed by atoms with E-state index >= 15 is 0 Å². The number of carbonyl (C=O) groups is 1. The van der Waals surface area contributed by atoms with Crippen molar-refractivity contribution in [3.05, 3.63) is 0 Å². The summed E-state index contributed by atoms with van der Waals surface area (Å²) in [7, 11) is 4.14. The number of likely N-dealkylation sites (tertiary alicyclic amines) is 1. The van der Waals surface area contributed by atoms with E-state index in [-0.39, 0.29) is 5.91 Å². The van der Waals surface area contributed by atoms with Crippen LogP contribution in [0.3, 0.4) is 0 Å². The Labute approximate surface area is 98.8 Å². The third-order valence-electron chi connectivity index (χ3n) is 3.64. The second-order valence-electron chi connectivity index (χ2n) is 5.28. The topological polar surface area (TPSA) is 49.6 Å². The highest BCUT2D eigenvalue weighted by Gasteiger charge is 2.33. The molecule has 1 fully saturated rings. The molecule has 0 aromatic rings. The van der Waals surface area contributed by atoms with Gasteiger partial charge < -0.3 is 15.5 Å². The largest absolute Gasteiger partial charge is 0.340 e. The monoisotopic (exact) mass is 227 g/mol. The zero-order chi connectivity index (χ0) is 12.3. The van der Waals surface area contributed by atoms with Gasteiger partial charge in [-0.3, -0.25) is 4.79 Å². The molecule has 0 aliphatic carbocycles. The molecule has 2 unspecified atom stereocenters. The van der Waals surface area contributed by atoms with Crippen molar-refractivity contribution >= 4 is 5.91 Å². The first-order valence-corrected chi connectivity index (χ1v) is 6.13. The first-order valence-electron chi connectivity index (χ1n) is 6.13. The lowest BCUT2D eigenvalue weighted by Crippen LogP contribution is -2.57. The van der Waals surface area contributed by atoms with E-state index in [4.69, 9.17) is 5.73 Å². The SMILES string of the molecule is CCC(C)(N)C(=O)N1CCCC(N(C)C)C1. The van der Waals surface area contributed by atoms with Crippen molar-refractivity contribution in [3.8, 4) is 0 Å². The van der Waals surface area contributed by atoms with Crippen molar-refractivity contribution in [1.82, 2.24) is 9.80 Å². The highest BCUT2D eigenvalue weighted by molar-refractivity contribution is 5.85. The molecule has 4 nitrogen and oxygen atoms in total. The second-order valence-corrected chi connectivity index (χ2v) is 5.28. The van der Waals surface area contributed by atoms with E-state index in [0.717, 1.165) is 19.5 Å². The van der Waals surface area contributed by atoms with Crippen molar-refractivity contribution < 1.29 is 4.79 Å². The van der Waals surface area contributed by atoms with Gasteiger partial charge in [-0.15, -0.1) is 0 Å². The Hall–Kier alpha value is -0.610. The predicted octanol–water partition coefficient (Wildman–Crippen LogP) is 0.666. The standard InChI is InChI=1S/C12H25N3O/c1-5-12(2,13)11(16)15-8-6-7-10(9-15)14(3)4/h10H,5-9,13H2,1-4H3. The molecule has 1 aliphatic heterocycles. The van der Waals surface area contributed by atoms with E-state index in [9.17, 15) is 4.79 Å². The van der Waals surface area contributed by atoms with Gasteiger partial charge in [-0.2, -0.15) is 0 Å². The summed E-state index contributed by atoms with van der Waals surface area (Å²) in [4.78, 5) is 16.3. The average Bonchev–Trinajstić information content (AvgIpc) is 2.28. The van der Waals surface area contributed by atoms with Crippen molar-refractivity contribution in [1.29, 1.82) is 0 Å². The van der Waals surface area contributed by atoms with Crippen molar-refractivity contribution in [2.24, 2.45) is 5.73 Å². The number of piperidine rings is 1. The molecule has 2 atom stereocenters. The molecular weight excluding hydrogens is 202 g/mol. The maximum Gasteiger partial charge on any atom is 0.242 e. The van der Waals surface area contributed by atoms with Gasteiger partial charge in [0.05, 0.1) is 5.54 Å². The smallest absolute Gasteiger partial charge is 0.242 e. The van der Waals surface area contributed by atoms with Crippen LogP contribution in [0, 0.1) is 0 Å². The molecule has 0 aromatic heterocycles. The summed E-state index contributed by atoms with van der Waals surface area (Å²) in [5, 5.41) is 0. The molecule has 1 amide bonds. The summed E-state index contributed by atoms with van der Waals surface area (Å²) >= 11 is 0. The molecule has 0 saturated carbocycles. The minimum atomic E-state index is -0.700. The lowest BCUT2D eigenvalue weighted by atomic mass is 9.96. The molecule has 2 N–H and O–H groups in total. The van der Waals surface area contributed by atoms with Gasteiger partial charge in [-0.25, -0.2) is 0 Å². The van der Waals surface area contributed by atoms with E-state index in [0.29, 0.717) is 12.5 Å². The van der Waals surface area contributed by atoms with Gasteiger partial charge >= 0.3 is 0 Å². The normalized spacial score (nSPS) is 25.6. The number of rotatable bonds is 3. The molecule has 1 saturated heterocycles. The number of amides is 1. The second kappa shape index (κ2) is 5.15. The van der Waals surface area contributed by atoms with Crippen LogP contribution in [0.5, 0.6) is 0 Å². The van der Waals surface area contributed by atoms with E-state index in [1.165, 1.54) is 6.42 Å². The summed E-state index contributed by atoms with van der Waals surface area (Å²) in [6, 6.07) is 0.477. The Morgan fingerprint density at radius 3 is 2.69 bits per heavy atom.